The summed E-state index contributed by atoms with van der Waals surface area (Å²) in [6.45, 7) is 9.91. The Balaban J connectivity index is 1.87. The lowest BCUT2D eigenvalue weighted by Gasteiger charge is -2.23. The van der Waals surface area contributed by atoms with E-state index in [-0.39, 0.29) is 21.3 Å². The lowest BCUT2D eigenvalue weighted by Crippen LogP contribution is -2.29. The minimum absolute atomic E-state index is 0.0949. The molecule has 2 heterocycles. The molecule has 1 N–H and O–H groups in total. The Morgan fingerprint density at radius 2 is 1.82 bits per heavy atom. The van der Waals surface area contributed by atoms with Gasteiger partial charge in [0.1, 0.15) is 28.7 Å². The number of aromatic nitrogens is 1. The van der Waals surface area contributed by atoms with Crippen LogP contribution in [0.25, 0.3) is 5.76 Å². The third-order valence-electron chi connectivity index (χ3n) is 6.30. The second-order valence-corrected chi connectivity index (χ2v) is 10.0. The number of anilines is 1. The monoisotopic (exact) mass is 562 g/mol. The molecule has 0 spiro atoms. The number of amides is 1. The molecule has 208 valence electrons. The fraction of sp³-hybridized carbons (Fsp3) is 0.267. The molecule has 1 atom stereocenters. The van der Waals surface area contributed by atoms with Gasteiger partial charge in [-0.2, -0.15) is 0 Å². The van der Waals surface area contributed by atoms with E-state index in [1.165, 1.54) is 12.0 Å². The smallest absolute Gasteiger partial charge is 0.350 e. The van der Waals surface area contributed by atoms with Crippen molar-refractivity contribution >= 4 is 39.9 Å². The molecule has 1 aliphatic heterocycles. The normalized spacial score (nSPS) is 16.2. The van der Waals surface area contributed by atoms with Crippen LogP contribution in [0.4, 0.5) is 5.13 Å². The molecule has 0 radical (unpaired) electrons. The van der Waals surface area contributed by atoms with Gasteiger partial charge in [0.05, 0.1) is 31.0 Å². The molecule has 40 heavy (non-hydrogen) atoms. The average molecular weight is 563 g/mol. The predicted octanol–water partition coefficient (Wildman–Crippen LogP) is 5.53. The molecule has 1 amide bonds. The lowest BCUT2D eigenvalue weighted by atomic mass is 9.94. The van der Waals surface area contributed by atoms with Gasteiger partial charge in [0.2, 0.25) is 0 Å². The number of thiazole rings is 1. The summed E-state index contributed by atoms with van der Waals surface area (Å²) < 4.78 is 16.1. The van der Waals surface area contributed by atoms with Gasteiger partial charge in [-0.1, -0.05) is 43.0 Å². The van der Waals surface area contributed by atoms with Crippen LogP contribution in [0.5, 0.6) is 11.5 Å². The molecular weight excluding hydrogens is 532 g/mol. The number of ether oxygens (including phenoxy) is 3. The van der Waals surface area contributed by atoms with Gasteiger partial charge in [-0.15, -0.1) is 0 Å². The van der Waals surface area contributed by atoms with Gasteiger partial charge in [-0.3, -0.25) is 14.5 Å². The van der Waals surface area contributed by atoms with E-state index in [0.29, 0.717) is 47.1 Å². The predicted molar refractivity (Wildman–Crippen MR) is 152 cm³/mol. The number of nitrogens with zero attached hydrogens (tertiary/aromatic N) is 2. The number of ketones is 1. The van der Waals surface area contributed by atoms with Gasteiger partial charge in [0, 0.05) is 5.56 Å². The highest BCUT2D eigenvalue weighted by Crippen LogP contribution is 2.44. The Hall–Kier alpha value is -4.44. The molecule has 1 unspecified atom stereocenters. The zero-order valence-corrected chi connectivity index (χ0v) is 23.5. The zero-order valence-electron chi connectivity index (χ0n) is 22.7. The van der Waals surface area contributed by atoms with E-state index in [0.717, 1.165) is 17.8 Å². The number of hydrogen-bond acceptors (Lipinski definition) is 9. The van der Waals surface area contributed by atoms with E-state index in [2.05, 4.69) is 11.6 Å². The SMILES string of the molecule is C=CCOc1ccc(C2C(=C(O)c3ccc(OCCC)cc3C)C(=O)C(=O)N2c2nc(C)c(C(=O)OC)s2)cc1. The summed E-state index contributed by atoms with van der Waals surface area (Å²) in [5, 5.41) is 11.7. The van der Waals surface area contributed by atoms with Crippen molar-refractivity contribution in [3.63, 3.8) is 0 Å². The lowest BCUT2D eigenvalue weighted by molar-refractivity contribution is -0.132. The number of aliphatic hydroxyl groups excluding tert-OH is 1. The number of rotatable bonds is 10. The molecule has 2 aromatic carbocycles. The summed E-state index contributed by atoms with van der Waals surface area (Å²) in [5.41, 5.74) is 1.87. The molecule has 10 heteroatoms. The summed E-state index contributed by atoms with van der Waals surface area (Å²) in [6, 6.07) is 11.0. The molecule has 0 bridgehead atoms. The first kappa shape index (κ1) is 28.6. The Kier molecular flexibility index (Phi) is 8.69. The van der Waals surface area contributed by atoms with Crippen LogP contribution in [-0.2, 0) is 14.3 Å². The molecule has 3 aromatic rings. The van der Waals surface area contributed by atoms with Crippen molar-refractivity contribution in [2.24, 2.45) is 0 Å². The fourth-order valence-corrected chi connectivity index (χ4v) is 5.38. The Labute approximate surface area is 236 Å². The Morgan fingerprint density at radius 3 is 2.45 bits per heavy atom. The molecule has 1 fully saturated rings. The summed E-state index contributed by atoms with van der Waals surface area (Å²) in [4.78, 5) is 45.1. The number of esters is 1. The maximum Gasteiger partial charge on any atom is 0.350 e. The van der Waals surface area contributed by atoms with Crippen molar-refractivity contribution in [3.8, 4) is 11.5 Å². The molecule has 0 saturated carbocycles. The van der Waals surface area contributed by atoms with Crippen molar-refractivity contribution in [1.29, 1.82) is 0 Å². The largest absolute Gasteiger partial charge is 0.507 e. The number of benzene rings is 2. The topological polar surface area (TPSA) is 115 Å². The van der Waals surface area contributed by atoms with E-state index in [9.17, 15) is 19.5 Å². The average Bonchev–Trinajstić information content (AvgIpc) is 3.46. The van der Waals surface area contributed by atoms with Gasteiger partial charge in [0.25, 0.3) is 5.78 Å². The fourth-order valence-electron chi connectivity index (χ4n) is 4.37. The number of carbonyl (C=O) groups excluding carboxylic acids is 3. The van der Waals surface area contributed by atoms with Crippen LogP contribution in [0.2, 0.25) is 0 Å². The minimum Gasteiger partial charge on any atom is -0.507 e. The van der Waals surface area contributed by atoms with Crippen LogP contribution < -0.4 is 14.4 Å². The number of aliphatic hydroxyl groups is 1. The molecule has 1 aromatic heterocycles. The van der Waals surface area contributed by atoms with Crippen LogP contribution in [-0.4, -0.2) is 48.1 Å². The quantitative estimate of drug-likeness (QED) is 0.113. The molecule has 1 aliphatic rings. The number of hydrogen-bond donors (Lipinski definition) is 1. The number of carbonyl (C=O) groups is 3. The van der Waals surface area contributed by atoms with Gasteiger partial charge >= 0.3 is 11.9 Å². The van der Waals surface area contributed by atoms with Gasteiger partial charge in [-0.25, -0.2) is 9.78 Å². The van der Waals surface area contributed by atoms with Crippen LogP contribution in [0.1, 0.15) is 51.4 Å². The van der Waals surface area contributed by atoms with Gasteiger partial charge in [-0.05, 0) is 61.7 Å². The second kappa shape index (κ2) is 12.2. The first-order valence-electron chi connectivity index (χ1n) is 12.7. The molecule has 9 nitrogen and oxygen atoms in total. The zero-order chi connectivity index (χ0) is 29.0. The molecule has 4 rings (SSSR count). The number of methoxy groups -OCH3 is 1. The van der Waals surface area contributed by atoms with Crippen LogP contribution in [0, 0.1) is 13.8 Å². The first-order valence-corrected chi connectivity index (χ1v) is 13.5. The van der Waals surface area contributed by atoms with Crippen molar-refractivity contribution < 1.29 is 33.7 Å². The molecular formula is C30H30N2O7S. The molecule has 0 aliphatic carbocycles. The second-order valence-electron chi connectivity index (χ2n) is 9.07. The maximum absolute atomic E-state index is 13.5. The Bertz CT molecular complexity index is 1490. The van der Waals surface area contributed by atoms with Crippen LogP contribution in [0.3, 0.4) is 0 Å². The van der Waals surface area contributed by atoms with E-state index >= 15 is 0 Å². The highest BCUT2D eigenvalue weighted by molar-refractivity contribution is 7.17. The standard InChI is InChI=1S/C30H30N2O7S/c1-6-14-38-20-10-8-19(9-11-20)24-23(25(33)22-13-12-21(16-17(22)3)39-15-7-2)26(34)28(35)32(24)30-31-18(4)27(40-30)29(36)37-5/h6,8-13,16,24,33H,1,7,14-15H2,2-5H3. The van der Waals surface area contributed by atoms with E-state index in [4.69, 9.17) is 14.2 Å². The van der Waals surface area contributed by atoms with E-state index in [1.54, 1.807) is 62.4 Å². The summed E-state index contributed by atoms with van der Waals surface area (Å²) >= 11 is 0.941. The maximum atomic E-state index is 13.5. The van der Waals surface area contributed by atoms with Crippen molar-refractivity contribution in [2.45, 2.75) is 33.2 Å². The summed E-state index contributed by atoms with van der Waals surface area (Å²) in [7, 11) is 1.25. The Morgan fingerprint density at radius 1 is 1.12 bits per heavy atom. The summed E-state index contributed by atoms with van der Waals surface area (Å²) in [6.07, 6.45) is 2.46. The van der Waals surface area contributed by atoms with Crippen molar-refractivity contribution in [2.75, 3.05) is 25.2 Å². The van der Waals surface area contributed by atoms with Gasteiger partial charge in [0.15, 0.2) is 5.13 Å². The molecule has 1 saturated heterocycles. The minimum atomic E-state index is -1.01. The summed E-state index contributed by atoms with van der Waals surface area (Å²) in [5.74, 6) is -1.45. The third-order valence-corrected chi connectivity index (χ3v) is 7.43. The highest BCUT2D eigenvalue weighted by Gasteiger charge is 2.48. The van der Waals surface area contributed by atoms with E-state index in [1.807, 2.05) is 6.92 Å². The van der Waals surface area contributed by atoms with Crippen LogP contribution in [0.15, 0.2) is 60.7 Å². The van der Waals surface area contributed by atoms with Crippen LogP contribution >= 0.6 is 11.3 Å². The number of Topliss-reactive ketones (excluding diaryl/α,β-unsaturated/α-hetero) is 1. The third kappa shape index (κ3) is 5.48. The van der Waals surface area contributed by atoms with Gasteiger partial charge < -0.3 is 19.3 Å². The van der Waals surface area contributed by atoms with E-state index < -0.39 is 23.7 Å². The highest BCUT2D eigenvalue weighted by atomic mass is 32.1. The van der Waals surface area contributed by atoms with Crippen molar-refractivity contribution in [1.82, 2.24) is 4.98 Å². The number of aryl methyl sites for hydroxylation is 2. The van der Waals surface area contributed by atoms with Crippen molar-refractivity contribution in [3.05, 3.63) is 88.0 Å². The first-order chi connectivity index (χ1) is 19.2.